The number of likely N-dealkylation sites (N-methyl/N-ethyl adjacent to an activating group) is 1. The number of ketones is 1. The summed E-state index contributed by atoms with van der Waals surface area (Å²) in [7, 11) is 0. The smallest absolute Gasteiger partial charge is 0.238 e. The van der Waals surface area contributed by atoms with Crippen molar-refractivity contribution in [2.24, 2.45) is 0 Å². The maximum Gasteiger partial charge on any atom is 0.238 e. The highest BCUT2D eigenvalue weighted by atomic mass is 35.5. The molecule has 0 aliphatic rings. The second kappa shape index (κ2) is 8.57. The minimum atomic E-state index is -0.279. The molecule has 0 saturated heterocycles. The Morgan fingerprint density at radius 2 is 1.74 bits per heavy atom. The minimum Gasteiger partial charge on any atom is -0.360 e. The number of carbonyl (C=O) groups excluding carboxylic acids is 2. The van der Waals surface area contributed by atoms with Gasteiger partial charge >= 0.3 is 0 Å². The van der Waals surface area contributed by atoms with Crippen LogP contribution in [-0.2, 0) is 4.79 Å². The zero-order valence-electron chi connectivity index (χ0n) is 14.8. The van der Waals surface area contributed by atoms with Gasteiger partial charge < -0.3 is 10.3 Å². The number of para-hydroxylation sites is 2. The average molecular weight is 404 g/mol. The fourth-order valence-electron chi connectivity index (χ4n) is 2.87. The quantitative estimate of drug-likeness (QED) is 0.565. The monoisotopic (exact) mass is 403 g/mol. The Labute approximate surface area is 167 Å². The molecule has 1 heterocycles. The lowest BCUT2D eigenvalue weighted by Gasteiger charge is -2.19. The van der Waals surface area contributed by atoms with Gasteiger partial charge in [-0.2, -0.15) is 0 Å². The van der Waals surface area contributed by atoms with E-state index >= 15 is 0 Å². The molecule has 1 amide bonds. The highest BCUT2D eigenvalue weighted by Crippen LogP contribution is 2.29. The third kappa shape index (κ3) is 4.50. The van der Waals surface area contributed by atoms with Crippen LogP contribution in [0, 0.1) is 0 Å². The van der Waals surface area contributed by atoms with Crippen molar-refractivity contribution in [2.75, 3.05) is 25.0 Å². The van der Waals surface area contributed by atoms with Crippen molar-refractivity contribution in [1.82, 2.24) is 9.88 Å². The molecule has 0 radical (unpaired) electrons. The summed E-state index contributed by atoms with van der Waals surface area (Å²) in [5, 5.41) is 4.34. The fourth-order valence-corrected chi connectivity index (χ4v) is 3.36. The molecule has 3 rings (SSSR count). The van der Waals surface area contributed by atoms with Crippen LogP contribution in [-0.4, -0.2) is 41.2 Å². The summed E-state index contributed by atoms with van der Waals surface area (Å²) < 4.78 is 0. The molecule has 0 aliphatic heterocycles. The molecule has 0 atom stereocenters. The maximum absolute atomic E-state index is 12.7. The zero-order chi connectivity index (χ0) is 19.4. The number of nitrogens with one attached hydrogen (secondary N) is 2. The number of H-pyrrole nitrogens is 1. The summed E-state index contributed by atoms with van der Waals surface area (Å²) in [4.78, 5) is 29.9. The number of fused-ring (bicyclic) bond motifs is 1. The summed E-state index contributed by atoms with van der Waals surface area (Å²) in [5.74, 6) is -0.323. The van der Waals surface area contributed by atoms with Gasteiger partial charge in [0.1, 0.15) is 0 Å². The first-order valence-corrected chi connectivity index (χ1v) is 9.30. The number of Topliss-reactive ketones (excluding diaryl/α,β-unsaturated/α-hetero) is 1. The standard InChI is InChI=1S/C20H19Cl2N3O2/c1-2-25(12-19(27)24-20-15(21)7-5-8-16(20)22)11-18(26)14-10-23-17-9-4-3-6-13(14)17/h3-10,23H,2,11-12H2,1H3,(H,24,27). The van der Waals surface area contributed by atoms with E-state index in [2.05, 4.69) is 10.3 Å². The summed E-state index contributed by atoms with van der Waals surface area (Å²) in [6, 6.07) is 12.6. The predicted octanol–water partition coefficient (Wildman–Crippen LogP) is 4.62. The molecule has 27 heavy (non-hydrogen) atoms. The molecule has 0 bridgehead atoms. The van der Waals surface area contributed by atoms with E-state index in [-0.39, 0.29) is 24.8 Å². The first-order chi connectivity index (χ1) is 13.0. The van der Waals surface area contributed by atoms with Gasteiger partial charge in [-0.1, -0.05) is 54.4 Å². The third-order valence-corrected chi connectivity index (χ3v) is 4.93. The van der Waals surface area contributed by atoms with E-state index in [9.17, 15) is 9.59 Å². The second-order valence-corrected chi connectivity index (χ2v) is 6.93. The Kier molecular flexibility index (Phi) is 6.16. The normalized spacial score (nSPS) is 11.1. The molecule has 5 nitrogen and oxygen atoms in total. The van der Waals surface area contributed by atoms with E-state index in [4.69, 9.17) is 23.2 Å². The predicted molar refractivity (Wildman–Crippen MR) is 110 cm³/mol. The van der Waals surface area contributed by atoms with Crippen molar-refractivity contribution in [2.45, 2.75) is 6.92 Å². The number of benzene rings is 2. The topological polar surface area (TPSA) is 65.2 Å². The summed E-state index contributed by atoms with van der Waals surface area (Å²) >= 11 is 12.2. The number of amides is 1. The maximum atomic E-state index is 12.7. The van der Waals surface area contributed by atoms with Crippen LogP contribution in [0.15, 0.2) is 48.7 Å². The Morgan fingerprint density at radius 1 is 1.04 bits per heavy atom. The van der Waals surface area contributed by atoms with Crippen molar-refractivity contribution < 1.29 is 9.59 Å². The second-order valence-electron chi connectivity index (χ2n) is 6.12. The summed E-state index contributed by atoms with van der Waals surface area (Å²) in [5.41, 5.74) is 1.92. The number of aromatic nitrogens is 1. The van der Waals surface area contributed by atoms with Crippen molar-refractivity contribution in [1.29, 1.82) is 0 Å². The number of nitrogens with zero attached hydrogens (tertiary/aromatic N) is 1. The molecule has 2 aromatic carbocycles. The van der Waals surface area contributed by atoms with Crippen LogP contribution in [0.3, 0.4) is 0 Å². The lowest BCUT2D eigenvalue weighted by molar-refractivity contribution is -0.117. The van der Waals surface area contributed by atoms with Gasteiger partial charge in [-0.15, -0.1) is 0 Å². The van der Waals surface area contributed by atoms with Gasteiger partial charge in [-0.05, 0) is 24.7 Å². The van der Waals surface area contributed by atoms with E-state index in [1.54, 1.807) is 29.3 Å². The van der Waals surface area contributed by atoms with Crippen molar-refractivity contribution in [3.05, 3.63) is 64.3 Å². The van der Waals surface area contributed by atoms with Crippen LogP contribution in [0.4, 0.5) is 5.69 Å². The first kappa shape index (κ1) is 19.4. The van der Waals surface area contributed by atoms with Crippen LogP contribution < -0.4 is 5.32 Å². The van der Waals surface area contributed by atoms with Crippen molar-refractivity contribution in [3.8, 4) is 0 Å². The SMILES string of the molecule is CCN(CC(=O)Nc1c(Cl)cccc1Cl)CC(=O)c1c[nH]c2ccccc12. The number of halogens is 2. The van der Waals surface area contributed by atoms with Gasteiger partial charge in [0.05, 0.1) is 28.8 Å². The number of hydrogen-bond donors (Lipinski definition) is 2. The highest BCUT2D eigenvalue weighted by Gasteiger charge is 2.18. The van der Waals surface area contributed by atoms with Crippen LogP contribution in [0.5, 0.6) is 0 Å². The molecule has 1 aromatic heterocycles. The highest BCUT2D eigenvalue weighted by molar-refractivity contribution is 6.39. The molecule has 3 aromatic rings. The summed E-state index contributed by atoms with van der Waals surface area (Å²) in [6.07, 6.45) is 1.71. The summed E-state index contributed by atoms with van der Waals surface area (Å²) in [6.45, 7) is 2.66. The number of anilines is 1. The number of carbonyl (C=O) groups is 2. The molecule has 140 valence electrons. The van der Waals surface area contributed by atoms with E-state index < -0.39 is 0 Å². The molecular formula is C20H19Cl2N3O2. The number of hydrogen-bond acceptors (Lipinski definition) is 3. The minimum absolute atomic E-state index is 0.0436. The molecule has 0 unspecified atom stereocenters. The molecule has 0 spiro atoms. The van der Waals surface area contributed by atoms with Gasteiger partial charge in [0.2, 0.25) is 5.91 Å². The number of rotatable bonds is 7. The Balaban J connectivity index is 1.66. The van der Waals surface area contributed by atoms with Crippen LogP contribution >= 0.6 is 23.2 Å². The van der Waals surface area contributed by atoms with Crippen LogP contribution in [0.25, 0.3) is 10.9 Å². The van der Waals surface area contributed by atoms with E-state index in [0.717, 1.165) is 10.9 Å². The third-order valence-electron chi connectivity index (χ3n) is 4.30. The molecule has 7 heteroatoms. The van der Waals surface area contributed by atoms with E-state index in [0.29, 0.717) is 27.8 Å². The largest absolute Gasteiger partial charge is 0.360 e. The zero-order valence-corrected chi connectivity index (χ0v) is 16.3. The first-order valence-electron chi connectivity index (χ1n) is 8.55. The van der Waals surface area contributed by atoms with Gasteiger partial charge in [0.25, 0.3) is 0 Å². The molecule has 0 aliphatic carbocycles. The van der Waals surface area contributed by atoms with E-state index in [1.165, 1.54) is 0 Å². The average Bonchev–Trinajstić information content (AvgIpc) is 3.08. The number of aromatic amines is 1. The lowest BCUT2D eigenvalue weighted by atomic mass is 10.1. The van der Waals surface area contributed by atoms with Gasteiger partial charge in [0.15, 0.2) is 5.78 Å². The fraction of sp³-hybridized carbons (Fsp3) is 0.200. The van der Waals surface area contributed by atoms with E-state index in [1.807, 2.05) is 31.2 Å². The molecule has 2 N–H and O–H groups in total. The van der Waals surface area contributed by atoms with Gasteiger partial charge in [0, 0.05) is 22.7 Å². The molecule has 0 fully saturated rings. The lowest BCUT2D eigenvalue weighted by Crippen LogP contribution is -2.36. The van der Waals surface area contributed by atoms with Crippen LogP contribution in [0.2, 0.25) is 10.0 Å². The van der Waals surface area contributed by atoms with Crippen molar-refractivity contribution in [3.63, 3.8) is 0 Å². The molecular weight excluding hydrogens is 385 g/mol. The Hall–Kier alpha value is -2.34. The Morgan fingerprint density at radius 3 is 2.44 bits per heavy atom. The molecule has 0 saturated carbocycles. The van der Waals surface area contributed by atoms with Gasteiger partial charge in [-0.3, -0.25) is 14.5 Å². The van der Waals surface area contributed by atoms with Crippen LogP contribution in [0.1, 0.15) is 17.3 Å². The van der Waals surface area contributed by atoms with Gasteiger partial charge in [-0.25, -0.2) is 0 Å². The Bertz CT molecular complexity index is 964. The van der Waals surface area contributed by atoms with Crippen molar-refractivity contribution >= 4 is 51.5 Å².